The van der Waals surface area contributed by atoms with Crippen LogP contribution in [0.2, 0.25) is 0 Å². The van der Waals surface area contributed by atoms with E-state index in [1.807, 2.05) is 20.8 Å². The summed E-state index contributed by atoms with van der Waals surface area (Å²) in [6.07, 6.45) is 6.11. The molecule has 1 aliphatic heterocycles. The molecule has 4 nitrogen and oxygen atoms in total. The predicted octanol–water partition coefficient (Wildman–Crippen LogP) is 3.00. The third-order valence-electron chi connectivity index (χ3n) is 4.55. The van der Waals surface area contributed by atoms with Crippen molar-refractivity contribution in [3.63, 3.8) is 0 Å². The number of hydrogen-bond donors (Lipinski definition) is 0. The van der Waals surface area contributed by atoms with Gasteiger partial charge in [0, 0.05) is 19.0 Å². The third kappa shape index (κ3) is 3.10. The molecule has 1 spiro atoms. The zero-order valence-corrected chi connectivity index (χ0v) is 12.3. The maximum absolute atomic E-state index is 12.0. The summed E-state index contributed by atoms with van der Waals surface area (Å²) in [5.74, 6) is 0.202. The van der Waals surface area contributed by atoms with Crippen molar-refractivity contribution in [1.82, 2.24) is 4.90 Å². The summed E-state index contributed by atoms with van der Waals surface area (Å²) in [5.41, 5.74) is -0.273. The van der Waals surface area contributed by atoms with Crippen molar-refractivity contribution in [2.45, 2.75) is 58.5 Å². The van der Waals surface area contributed by atoms with E-state index in [0.717, 1.165) is 51.5 Å². The summed E-state index contributed by atoms with van der Waals surface area (Å²) in [5, 5.41) is 0. The normalized spacial score (nSPS) is 26.5. The number of likely N-dealkylation sites (tertiary alicyclic amines) is 1. The minimum absolute atomic E-state index is 0.167. The Kier molecular flexibility index (Phi) is 3.88. The first-order chi connectivity index (χ1) is 8.86. The first-order valence-electron chi connectivity index (χ1n) is 7.30. The van der Waals surface area contributed by atoms with Crippen LogP contribution in [0.15, 0.2) is 0 Å². The van der Waals surface area contributed by atoms with Crippen LogP contribution in [0.5, 0.6) is 0 Å². The van der Waals surface area contributed by atoms with Gasteiger partial charge in [0.2, 0.25) is 0 Å². The van der Waals surface area contributed by atoms with Crippen molar-refractivity contribution in [2.24, 2.45) is 11.3 Å². The standard InChI is InChI=1S/C15H25NO3/c1-14(2,3)19-13(18)16-9-7-15(8-10-16)6-4-5-12(15)11-17/h11-12H,4-10H2,1-3H3. The minimum atomic E-state index is -0.440. The molecular formula is C15H25NO3. The van der Waals surface area contributed by atoms with Crippen molar-refractivity contribution in [1.29, 1.82) is 0 Å². The number of hydrogen-bond acceptors (Lipinski definition) is 3. The van der Waals surface area contributed by atoms with Gasteiger partial charge in [-0.3, -0.25) is 0 Å². The number of amides is 1. The molecule has 108 valence electrons. The number of rotatable bonds is 1. The summed E-state index contributed by atoms with van der Waals surface area (Å²) in [6, 6.07) is 0. The number of aldehydes is 1. The molecule has 1 aliphatic carbocycles. The van der Waals surface area contributed by atoms with Gasteiger partial charge in [0.25, 0.3) is 0 Å². The molecule has 1 saturated heterocycles. The van der Waals surface area contributed by atoms with Crippen molar-refractivity contribution >= 4 is 12.4 Å². The minimum Gasteiger partial charge on any atom is -0.444 e. The van der Waals surface area contributed by atoms with Crippen LogP contribution in [0.1, 0.15) is 52.9 Å². The highest BCUT2D eigenvalue weighted by atomic mass is 16.6. The quantitative estimate of drug-likeness (QED) is 0.686. The molecule has 2 aliphatic rings. The second-order valence-electron chi connectivity index (χ2n) is 6.96. The van der Waals surface area contributed by atoms with Gasteiger partial charge in [0.1, 0.15) is 11.9 Å². The van der Waals surface area contributed by atoms with Crippen LogP contribution in [0, 0.1) is 11.3 Å². The van der Waals surface area contributed by atoms with E-state index in [1.54, 1.807) is 4.90 Å². The lowest BCUT2D eigenvalue weighted by Crippen LogP contribution is -2.46. The molecule has 0 N–H and O–H groups in total. The molecule has 0 aromatic heterocycles. The van der Waals surface area contributed by atoms with Crippen molar-refractivity contribution < 1.29 is 14.3 Å². The van der Waals surface area contributed by atoms with E-state index in [1.165, 1.54) is 0 Å². The predicted molar refractivity (Wildman–Crippen MR) is 72.9 cm³/mol. The van der Waals surface area contributed by atoms with E-state index in [2.05, 4.69) is 0 Å². The van der Waals surface area contributed by atoms with Crippen molar-refractivity contribution in [3.8, 4) is 0 Å². The van der Waals surface area contributed by atoms with Gasteiger partial charge in [-0.2, -0.15) is 0 Å². The fraction of sp³-hybridized carbons (Fsp3) is 0.867. The van der Waals surface area contributed by atoms with Crippen molar-refractivity contribution in [3.05, 3.63) is 0 Å². The highest BCUT2D eigenvalue weighted by molar-refractivity contribution is 5.68. The maximum Gasteiger partial charge on any atom is 0.410 e. The van der Waals surface area contributed by atoms with E-state index in [4.69, 9.17) is 4.74 Å². The molecule has 2 rings (SSSR count). The monoisotopic (exact) mass is 267 g/mol. The molecule has 0 radical (unpaired) electrons. The number of piperidine rings is 1. The lowest BCUT2D eigenvalue weighted by atomic mass is 9.71. The van der Waals surface area contributed by atoms with Crippen molar-refractivity contribution in [2.75, 3.05) is 13.1 Å². The van der Waals surface area contributed by atoms with E-state index >= 15 is 0 Å². The van der Waals surface area contributed by atoms with Gasteiger partial charge < -0.3 is 14.4 Å². The Morgan fingerprint density at radius 3 is 2.42 bits per heavy atom. The summed E-state index contributed by atoms with van der Waals surface area (Å²) < 4.78 is 5.40. The molecule has 1 saturated carbocycles. The Morgan fingerprint density at radius 1 is 1.26 bits per heavy atom. The first kappa shape index (κ1) is 14.4. The fourth-order valence-corrected chi connectivity index (χ4v) is 3.46. The first-order valence-corrected chi connectivity index (χ1v) is 7.30. The lowest BCUT2D eigenvalue weighted by molar-refractivity contribution is -0.115. The van der Waals surface area contributed by atoms with E-state index in [-0.39, 0.29) is 17.4 Å². The van der Waals surface area contributed by atoms with E-state index in [0.29, 0.717) is 0 Å². The Labute approximate surface area is 115 Å². The summed E-state index contributed by atoms with van der Waals surface area (Å²) in [6.45, 7) is 7.10. The lowest BCUT2D eigenvalue weighted by Gasteiger charge is -2.41. The highest BCUT2D eigenvalue weighted by Gasteiger charge is 2.45. The number of ether oxygens (including phenoxy) is 1. The van der Waals surface area contributed by atoms with Gasteiger partial charge in [0.05, 0.1) is 0 Å². The smallest absolute Gasteiger partial charge is 0.410 e. The van der Waals surface area contributed by atoms with Crippen LogP contribution in [0.4, 0.5) is 4.79 Å². The average molecular weight is 267 g/mol. The molecule has 19 heavy (non-hydrogen) atoms. The summed E-state index contributed by atoms with van der Waals surface area (Å²) in [7, 11) is 0. The van der Waals surface area contributed by atoms with Crippen LogP contribution in [0.25, 0.3) is 0 Å². The molecule has 2 fully saturated rings. The highest BCUT2D eigenvalue weighted by Crippen LogP contribution is 2.49. The molecule has 1 heterocycles. The number of carbonyl (C=O) groups is 2. The third-order valence-corrected chi connectivity index (χ3v) is 4.55. The Hall–Kier alpha value is -1.06. The second-order valence-corrected chi connectivity index (χ2v) is 6.96. The second kappa shape index (κ2) is 5.14. The SMILES string of the molecule is CC(C)(C)OC(=O)N1CCC2(CCCC2C=O)CC1. The molecule has 0 bridgehead atoms. The molecule has 1 atom stereocenters. The van der Waals surface area contributed by atoms with E-state index in [9.17, 15) is 9.59 Å². The molecular weight excluding hydrogens is 242 g/mol. The van der Waals surface area contributed by atoms with Gasteiger partial charge >= 0.3 is 6.09 Å². The number of carbonyl (C=O) groups excluding carboxylic acids is 2. The molecule has 1 amide bonds. The maximum atomic E-state index is 12.0. The average Bonchev–Trinajstić information content (AvgIpc) is 2.70. The zero-order valence-electron chi connectivity index (χ0n) is 12.3. The molecule has 4 heteroatoms. The van der Waals surface area contributed by atoms with Gasteiger partial charge in [-0.25, -0.2) is 4.79 Å². The largest absolute Gasteiger partial charge is 0.444 e. The summed E-state index contributed by atoms with van der Waals surface area (Å²) >= 11 is 0. The zero-order chi connectivity index (χ0) is 14.1. The van der Waals surface area contributed by atoms with Crippen LogP contribution < -0.4 is 0 Å². The van der Waals surface area contributed by atoms with Crippen LogP contribution >= 0.6 is 0 Å². The molecule has 0 aromatic carbocycles. The van der Waals surface area contributed by atoms with Crippen LogP contribution in [-0.2, 0) is 9.53 Å². The van der Waals surface area contributed by atoms with Gasteiger partial charge in [-0.15, -0.1) is 0 Å². The Bertz CT molecular complexity index is 351. The molecule has 1 unspecified atom stereocenters. The Morgan fingerprint density at radius 2 is 1.89 bits per heavy atom. The van der Waals surface area contributed by atoms with Gasteiger partial charge in [-0.05, 0) is 51.9 Å². The van der Waals surface area contributed by atoms with Crippen LogP contribution in [-0.4, -0.2) is 36.0 Å². The topological polar surface area (TPSA) is 46.6 Å². The fourth-order valence-electron chi connectivity index (χ4n) is 3.46. The van der Waals surface area contributed by atoms with Gasteiger partial charge in [-0.1, -0.05) is 6.42 Å². The van der Waals surface area contributed by atoms with Crippen LogP contribution in [0.3, 0.4) is 0 Å². The van der Waals surface area contributed by atoms with E-state index < -0.39 is 5.60 Å². The molecule has 0 aromatic rings. The summed E-state index contributed by atoms with van der Waals surface area (Å²) in [4.78, 5) is 25.0. The Balaban J connectivity index is 1.92. The number of nitrogens with zero attached hydrogens (tertiary/aromatic N) is 1. The van der Waals surface area contributed by atoms with Gasteiger partial charge in [0.15, 0.2) is 0 Å².